The summed E-state index contributed by atoms with van der Waals surface area (Å²) in [7, 11) is -3.66. The maximum absolute atomic E-state index is 12.4. The second-order valence-electron chi connectivity index (χ2n) is 6.34. The minimum atomic E-state index is -3.66. The third kappa shape index (κ3) is 4.81. The molecule has 28 heavy (non-hydrogen) atoms. The number of carbonyl (C=O) groups excluding carboxylic acids is 1. The Labute approximate surface area is 163 Å². The summed E-state index contributed by atoms with van der Waals surface area (Å²) in [5.41, 5.74) is 2.05. The molecule has 2 aromatic heterocycles. The molecule has 1 aromatic carbocycles. The molecule has 3 rings (SSSR count). The van der Waals surface area contributed by atoms with Gasteiger partial charge in [-0.2, -0.15) is 0 Å². The van der Waals surface area contributed by atoms with Gasteiger partial charge in [-0.1, -0.05) is 12.1 Å². The van der Waals surface area contributed by atoms with Crippen molar-refractivity contribution >= 4 is 21.6 Å². The Balaban J connectivity index is 1.53. The third-order valence-corrected chi connectivity index (χ3v) is 5.68. The molecule has 146 valence electrons. The molecule has 0 saturated heterocycles. The minimum Gasteiger partial charge on any atom is -0.325 e. The van der Waals surface area contributed by atoms with Gasteiger partial charge < -0.3 is 5.32 Å². The number of benzene rings is 1. The largest absolute Gasteiger partial charge is 0.325 e. The number of aryl methyl sites for hydroxylation is 2. The molecule has 1 amide bonds. The number of hydrogen-bond acceptors (Lipinski definition) is 5. The lowest BCUT2D eigenvalue weighted by Gasteiger charge is -2.10. The van der Waals surface area contributed by atoms with Crippen LogP contribution in [0, 0.1) is 13.8 Å². The molecule has 0 bridgehead atoms. The molecule has 0 atom stereocenters. The molecule has 0 radical (unpaired) electrons. The first-order valence-electron chi connectivity index (χ1n) is 8.66. The quantitative estimate of drug-likeness (QED) is 0.633. The molecule has 8 nitrogen and oxygen atoms in total. The Kier molecular flexibility index (Phi) is 5.86. The number of pyridine rings is 1. The highest BCUT2D eigenvalue weighted by Gasteiger charge is 2.17. The lowest BCUT2D eigenvalue weighted by molar-refractivity contribution is -0.116. The van der Waals surface area contributed by atoms with Gasteiger partial charge >= 0.3 is 0 Å². The van der Waals surface area contributed by atoms with Gasteiger partial charge in [0.15, 0.2) is 0 Å². The van der Waals surface area contributed by atoms with Crippen molar-refractivity contribution in [2.75, 3.05) is 11.9 Å². The molecule has 0 fully saturated rings. The normalized spacial score (nSPS) is 11.4. The smallest absolute Gasteiger partial charge is 0.240 e. The summed E-state index contributed by atoms with van der Waals surface area (Å²) in [5.74, 6) is 0.373. The van der Waals surface area contributed by atoms with Crippen LogP contribution in [0.1, 0.15) is 17.5 Å². The molecule has 0 aliphatic heterocycles. The van der Waals surface area contributed by atoms with Crippen LogP contribution < -0.4 is 10.0 Å². The molecule has 9 heteroatoms. The number of amides is 1. The number of hydrogen-bond donors (Lipinski definition) is 2. The summed E-state index contributed by atoms with van der Waals surface area (Å²) in [4.78, 5) is 20.5. The fraction of sp³-hybridized carbons (Fsp3) is 0.211. The van der Waals surface area contributed by atoms with Crippen molar-refractivity contribution in [2.45, 2.75) is 25.2 Å². The number of nitrogens with one attached hydrogen (secondary N) is 2. The van der Waals surface area contributed by atoms with Gasteiger partial charge in [0.2, 0.25) is 15.9 Å². The summed E-state index contributed by atoms with van der Waals surface area (Å²) < 4.78 is 29.1. The molecule has 0 aliphatic rings. The van der Waals surface area contributed by atoms with E-state index in [4.69, 9.17) is 0 Å². The minimum absolute atomic E-state index is 0.00208. The number of rotatable bonds is 7. The van der Waals surface area contributed by atoms with Gasteiger partial charge in [0.25, 0.3) is 0 Å². The van der Waals surface area contributed by atoms with Gasteiger partial charge in [-0.15, -0.1) is 0 Å². The van der Waals surface area contributed by atoms with Gasteiger partial charge in [0.1, 0.15) is 12.1 Å². The molecule has 0 saturated carbocycles. The highest BCUT2D eigenvalue weighted by Crippen LogP contribution is 2.16. The van der Waals surface area contributed by atoms with E-state index >= 15 is 0 Å². The Morgan fingerprint density at radius 3 is 2.68 bits per heavy atom. The molecule has 3 aromatic rings. The van der Waals surface area contributed by atoms with E-state index in [-0.39, 0.29) is 23.8 Å². The van der Waals surface area contributed by atoms with Gasteiger partial charge in [0.05, 0.1) is 16.8 Å². The first-order chi connectivity index (χ1) is 13.3. The molecular weight excluding hydrogens is 378 g/mol. The molecule has 0 unspecified atom stereocenters. The zero-order valence-corrected chi connectivity index (χ0v) is 16.4. The van der Waals surface area contributed by atoms with Gasteiger partial charge in [0, 0.05) is 25.4 Å². The van der Waals surface area contributed by atoms with E-state index in [2.05, 4.69) is 20.0 Å². The van der Waals surface area contributed by atoms with E-state index in [1.54, 1.807) is 54.5 Å². The first kappa shape index (κ1) is 19.7. The van der Waals surface area contributed by atoms with Crippen molar-refractivity contribution in [1.29, 1.82) is 0 Å². The second kappa shape index (κ2) is 8.32. The third-order valence-electron chi connectivity index (χ3n) is 4.08. The summed E-state index contributed by atoms with van der Waals surface area (Å²) in [5, 5.41) is 2.70. The zero-order chi connectivity index (χ0) is 20.1. The zero-order valence-electron chi connectivity index (χ0n) is 15.6. The van der Waals surface area contributed by atoms with Gasteiger partial charge in [-0.05, 0) is 43.2 Å². The van der Waals surface area contributed by atoms with E-state index in [0.717, 1.165) is 5.56 Å². The highest BCUT2D eigenvalue weighted by molar-refractivity contribution is 7.89. The summed E-state index contributed by atoms with van der Waals surface area (Å²) >= 11 is 0. The standard InChI is InChI=1S/C19H21N5O3S/c1-14-3-4-15(2)17(11-14)28(26,27)22-8-7-19(25)23-16-5-6-18(21-12-16)24-10-9-20-13-24/h3-6,9-13,22H,7-8H2,1-2H3,(H,23,25). The van der Waals surface area contributed by atoms with Crippen molar-refractivity contribution in [2.24, 2.45) is 0 Å². The van der Waals surface area contributed by atoms with Gasteiger partial charge in [-0.25, -0.2) is 23.1 Å². The van der Waals surface area contributed by atoms with Gasteiger partial charge in [-0.3, -0.25) is 9.36 Å². The SMILES string of the molecule is Cc1ccc(C)c(S(=O)(=O)NCCC(=O)Nc2ccc(-n3ccnc3)nc2)c1. The Hall–Kier alpha value is -3.04. The lowest BCUT2D eigenvalue weighted by Crippen LogP contribution is -2.28. The lowest BCUT2D eigenvalue weighted by atomic mass is 10.2. The number of aromatic nitrogens is 3. The Morgan fingerprint density at radius 1 is 1.18 bits per heavy atom. The molecule has 0 spiro atoms. The predicted octanol–water partition coefficient (Wildman–Crippen LogP) is 2.19. The van der Waals surface area contributed by atoms with Crippen LogP contribution in [-0.4, -0.2) is 35.4 Å². The van der Waals surface area contributed by atoms with Crippen molar-refractivity contribution in [1.82, 2.24) is 19.3 Å². The average Bonchev–Trinajstić information content (AvgIpc) is 3.19. The highest BCUT2D eigenvalue weighted by atomic mass is 32.2. The Bertz CT molecular complexity index is 1060. The van der Waals surface area contributed by atoms with Crippen LogP contribution in [0.25, 0.3) is 5.82 Å². The average molecular weight is 399 g/mol. The van der Waals surface area contributed by atoms with Crippen molar-refractivity contribution < 1.29 is 13.2 Å². The summed E-state index contributed by atoms with van der Waals surface area (Å²) in [6.07, 6.45) is 6.59. The topological polar surface area (TPSA) is 106 Å². The van der Waals surface area contributed by atoms with E-state index in [1.807, 2.05) is 13.0 Å². The number of sulfonamides is 1. The number of anilines is 1. The fourth-order valence-corrected chi connectivity index (χ4v) is 3.96. The number of imidazole rings is 1. The fourth-order valence-electron chi connectivity index (χ4n) is 2.60. The van der Waals surface area contributed by atoms with Crippen molar-refractivity contribution in [3.05, 3.63) is 66.4 Å². The molecular formula is C19H21N5O3S. The van der Waals surface area contributed by atoms with Crippen LogP contribution in [-0.2, 0) is 14.8 Å². The molecule has 0 aliphatic carbocycles. The van der Waals surface area contributed by atoms with E-state index in [1.165, 1.54) is 6.20 Å². The maximum Gasteiger partial charge on any atom is 0.240 e. The van der Waals surface area contributed by atoms with Crippen LogP contribution in [0.2, 0.25) is 0 Å². The van der Waals surface area contributed by atoms with Crippen LogP contribution in [0.5, 0.6) is 0 Å². The van der Waals surface area contributed by atoms with Crippen LogP contribution in [0.4, 0.5) is 5.69 Å². The molecule has 2 N–H and O–H groups in total. The van der Waals surface area contributed by atoms with Crippen LogP contribution >= 0.6 is 0 Å². The first-order valence-corrected chi connectivity index (χ1v) is 10.1. The van der Waals surface area contributed by atoms with Crippen molar-refractivity contribution in [3.8, 4) is 5.82 Å². The molecule has 2 heterocycles. The number of carbonyl (C=O) groups is 1. The summed E-state index contributed by atoms with van der Waals surface area (Å²) in [6.45, 7) is 3.57. The summed E-state index contributed by atoms with van der Waals surface area (Å²) in [6, 6.07) is 8.71. The maximum atomic E-state index is 12.4. The van der Waals surface area contributed by atoms with E-state index in [9.17, 15) is 13.2 Å². The van der Waals surface area contributed by atoms with E-state index in [0.29, 0.717) is 17.1 Å². The second-order valence-corrected chi connectivity index (χ2v) is 8.08. The number of nitrogens with zero attached hydrogens (tertiary/aromatic N) is 3. The van der Waals surface area contributed by atoms with Crippen LogP contribution in [0.3, 0.4) is 0 Å². The predicted molar refractivity (Wildman–Crippen MR) is 106 cm³/mol. The van der Waals surface area contributed by atoms with Crippen LogP contribution in [0.15, 0.2) is 60.1 Å². The Morgan fingerprint density at radius 2 is 2.00 bits per heavy atom. The van der Waals surface area contributed by atoms with E-state index < -0.39 is 10.0 Å². The van der Waals surface area contributed by atoms with Crippen molar-refractivity contribution in [3.63, 3.8) is 0 Å². The monoisotopic (exact) mass is 399 g/mol.